The van der Waals surface area contributed by atoms with Crippen LogP contribution in [0.4, 0.5) is 0 Å². The third-order valence-corrected chi connectivity index (χ3v) is 6.85. The number of halogens is 1. The predicted octanol–water partition coefficient (Wildman–Crippen LogP) is 5.40. The molecule has 0 unspecified atom stereocenters. The van der Waals surface area contributed by atoms with Gasteiger partial charge >= 0.3 is 5.97 Å². The fraction of sp³-hybridized carbons (Fsp3) is 0.133. The maximum Gasteiger partial charge on any atom is 0.324 e. The number of carboxylic acids is 1. The van der Waals surface area contributed by atoms with Crippen LogP contribution in [0.15, 0.2) is 77.4 Å². The van der Waals surface area contributed by atoms with E-state index >= 15 is 0 Å². The van der Waals surface area contributed by atoms with Gasteiger partial charge in [0.1, 0.15) is 11.3 Å². The van der Waals surface area contributed by atoms with E-state index < -0.39 is 23.8 Å². The average Bonchev–Trinajstić information content (AvgIpc) is 3.30. The van der Waals surface area contributed by atoms with E-state index in [1.165, 1.54) is 17.9 Å². The zero-order chi connectivity index (χ0) is 28.2. The number of fused-ring (bicyclic) bond motifs is 1. The summed E-state index contributed by atoms with van der Waals surface area (Å²) in [4.78, 5) is 25.8. The molecule has 0 fully saturated rings. The molecule has 0 aliphatic carbocycles. The number of hydrogen-bond donors (Lipinski definition) is 2. The zero-order valence-corrected chi connectivity index (χ0v) is 22.5. The molecule has 0 radical (unpaired) electrons. The molecule has 3 aromatic carbocycles. The molecule has 194 valence electrons. The van der Waals surface area contributed by atoms with Crippen LogP contribution in [-0.4, -0.2) is 34.2 Å². The summed E-state index contributed by atoms with van der Waals surface area (Å²) in [7, 11) is 1.49. The van der Waals surface area contributed by atoms with E-state index in [2.05, 4.69) is 28.1 Å². The molecule has 1 aromatic heterocycles. The summed E-state index contributed by atoms with van der Waals surface area (Å²) in [6.07, 6.45) is 2.59. The van der Waals surface area contributed by atoms with Crippen molar-refractivity contribution in [1.29, 1.82) is 10.5 Å². The number of aromatic nitrogens is 1. The van der Waals surface area contributed by atoms with Crippen molar-refractivity contribution in [2.75, 3.05) is 7.11 Å². The van der Waals surface area contributed by atoms with E-state index in [0.29, 0.717) is 38.9 Å². The summed E-state index contributed by atoms with van der Waals surface area (Å²) in [5.41, 5.74) is 7.22. The van der Waals surface area contributed by atoms with Gasteiger partial charge in [0.15, 0.2) is 0 Å². The molecule has 3 N–H and O–H groups in total. The molecule has 0 bridgehead atoms. The number of carbonyl (C=O) groups excluding carboxylic acids is 1. The first-order chi connectivity index (χ1) is 18.7. The van der Waals surface area contributed by atoms with Gasteiger partial charge in [-0.1, -0.05) is 46.3 Å². The van der Waals surface area contributed by atoms with Crippen LogP contribution in [0, 0.1) is 22.7 Å². The highest BCUT2D eigenvalue weighted by atomic mass is 79.9. The van der Waals surface area contributed by atoms with Gasteiger partial charge in [-0.2, -0.15) is 10.5 Å². The van der Waals surface area contributed by atoms with Gasteiger partial charge < -0.3 is 15.6 Å². The van der Waals surface area contributed by atoms with Gasteiger partial charge in [-0.05, 0) is 48.0 Å². The normalized spacial score (nSPS) is 12.8. The number of benzene rings is 3. The minimum Gasteiger partial charge on any atom is -0.496 e. The minimum absolute atomic E-state index is 0.0368. The lowest BCUT2D eigenvalue weighted by atomic mass is 9.88. The SMILES string of the molecule is COc1ccc(C#N)cc1/C=C(\C#N)c1cn(C(=O)C[C@](N)(Cc2ccccc2)C(=O)O)c2ccc(Br)cc12. The van der Waals surface area contributed by atoms with E-state index in [1.807, 2.05) is 6.07 Å². The van der Waals surface area contributed by atoms with Crippen molar-refractivity contribution in [3.63, 3.8) is 0 Å². The van der Waals surface area contributed by atoms with Gasteiger partial charge in [-0.15, -0.1) is 0 Å². The lowest BCUT2D eigenvalue weighted by Crippen LogP contribution is -2.52. The van der Waals surface area contributed by atoms with Crippen LogP contribution < -0.4 is 10.5 Å². The lowest BCUT2D eigenvalue weighted by molar-refractivity contribution is -0.143. The number of methoxy groups -OCH3 is 1. The van der Waals surface area contributed by atoms with Crippen LogP contribution in [0.5, 0.6) is 5.75 Å². The Balaban J connectivity index is 1.81. The molecule has 8 nitrogen and oxygen atoms in total. The van der Waals surface area contributed by atoms with Crippen molar-refractivity contribution in [2.24, 2.45) is 5.73 Å². The quantitative estimate of drug-likeness (QED) is 0.265. The van der Waals surface area contributed by atoms with E-state index in [4.69, 9.17) is 10.5 Å². The number of nitrogens with zero attached hydrogens (tertiary/aromatic N) is 3. The third kappa shape index (κ3) is 5.75. The van der Waals surface area contributed by atoms with Crippen LogP contribution >= 0.6 is 15.9 Å². The Kier molecular flexibility index (Phi) is 7.96. The highest BCUT2D eigenvalue weighted by molar-refractivity contribution is 9.10. The van der Waals surface area contributed by atoms with Crippen LogP contribution in [-0.2, 0) is 11.2 Å². The number of carboxylic acid groups (broad SMARTS) is 1. The smallest absolute Gasteiger partial charge is 0.324 e. The predicted molar refractivity (Wildman–Crippen MR) is 151 cm³/mol. The van der Waals surface area contributed by atoms with E-state index in [-0.39, 0.29) is 12.0 Å². The van der Waals surface area contributed by atoms with Crippen molar-refractivity contribution < 1.29 is 19.4 Å². The van der Waals surface area contributed by atoms with Crippen molar-refractivity contribution in [1.82, 2.24) is 4.57 Å². The largest absolute Gasteiger partial charge is 0.496 e. The first-order valence-corrected chi connectivity index (χ1v) is 12.6. The first-order valence-electron chi connectivity index (χ1n) is 11.8. The standard InChI is InChI=1S/C30H23BrN4O4/c1-39-27-10-7-20(16-32)11-21(27)12-22(17-33)25-18-35(26-9-8-23(31)13-24(25)26)28(36)15-30(34,29(37)38)14-19-5-3-2-4-6-19/h2-13,18H,14-15,34H2,1H3,(H,37,38)/b22-12+/t30-/m1/s1. The summed E-state index contributed by atoms with van der Waals surface area (Å²) in [5.74, 6) is -1.35. The summed E-state index contributed by atoms with van der Waals surface area (Å²) >= 11 is 3.45. The second-order valence-corrected chi connectivity index (χ2v) is 9.92. The highest BCUT2D eigenvalue weighted by Crippen LogP contribution is 2.33. The van der Waals surface area contributed by atoms with E-state index in [9.17, 15) is 25.2 Å². The molecule has 39 heavy (non-hydrogen) atoms. The van der Waals surface area contributed by atoms with Crippen LogP contribution in [0.1, 0.15) is 33.5 Å². The molecule has 0 aliphatic rings. The third-order valence-electron chi connectivity index (χ3n) is 6.36. The van der Waals surface area contributed by atoms with Crippen molar-refractivity contribution >= 4 is 50.4 Å². The van der Waals surface area contributed by atoms with Gasteiger partial charge in [0.05, 0.1) is 42.3 Å². The maximum absolute atomic E-state index is 13.6. The number of hydrogen-bond acceptors (Lipinski definition) is 6. The number of nitrogens with two attached hydrogens (primary N) is 1. The van der Waals surface area contributed by atoms with Gasteiger partial charge in [0.2, 0.25) is 5.91 Å². The van der Waals surface area contributed by atoms with Crippen molar-refractivity contribution in [2.45, 2.75) is 18.4 Å². The average molecular weight is 583 g/mol. The number of aliphatic carboxylic acids is 1. The van der Waals surface area contributed by atoms with Gasteiger partial charge in [-0.25, -0.2) is 0 Å². The Morgan fingerprint density at radius 1 is 1.13 bits per heavy atom. The number of nitriles is 2. The number of rotatable bonds is 8. The summed E-state index contributed by atoms with van der Waals surface area (Å²) in [6.45, 7) is 0. The molecule has 9 heteroatoms. The molecule has 4 aromatic rings. The molecule has 0 spiro atoms. The number of ether oxygens (including phenoxy) is 1. The van der Waals surface area contributed by atoms with Gasteiger partial charge in [0, 0.05) is 33.6 Å². The lowest BCUT2D eigenvalue weighted by Gasteiger charge is -2.24. The summed E-state index contributed by atoms with van der Waals surface area (Å²) in [5, 5.41) is 30.0. The van der Waals surface area contributed by atoms with Crippen molar-refractivity contribution in [3.05, 3.63) is 99.7 Å². The second kappa shape index (κ2) is 11.4. The Hall–Kier alpha value is -4.70. The van der Waals surface area contributed by atoms with Gasteiger partial charge in [0.25, 0.3) is 0 Å². The zero-order valence-electron chi connectivity index (χ0n) is 20.9. The number of carbonyl (C=O) groups is 2. The topological polar surface area (TPSA) is 142 Å². The molecule has 1 atom stereocenters. The number of allylic oxidation sites excluding steroid dienone is 1. The Labute approximate surface area is 233 Å². The molecule has 4 rings (SSSR count). The van der Waals surface area contributed by atoms with Crippen molar-refractivity contribution in [3.8, 4) is 17.9 Å². The Morgan fingerprint density at radius 3 is 2.51 bits per heavy atom. The van der Waals surface area contributed by atoms with E-state index in [0.717, 1.165) is 4.47 Å². The highest BCUT2D eigenvalue weighted by Gasteiger charge is 2.37. The molecule has 1 heterocycles. The van der Waals surface area contributed by atoms with Crippen LogP contribution in [0.3, 0.4) is 0 Å². The van der Waals surface area contributed by atoms with E-state index in [1.54, 1.807) is 66.7 Å². The molecule has 0 amide bonds. The molecular weight excluding hydrogens is 560 g/mol. The van der Waals surface area contributed by atoms with Crippen LogP contribution in [0.2, 0.25) is 0 Å². The Bertz CT molecular complexity index is 1700. The monoisotopic (exact) mass is 582 g/mol. The maximum atomic E-state index is 13.6. The molecule has 0 aliphatic heterocycles. The minimum atomic E-state index is -1.84. The van der Waals surface area contributed by atoms with Crippen LogP contribution in [0.25, 0.3) is 22.6 Å². The summed E-state index contributed by atoms with van der Waals surface area (Å²) < 4.78 is 7.46. The second-order valence-electron chi connectivity index (χ2n) is 9.01. The molecular formula is C30H23BrN4O4. The van der Waals surface area contributed by atoms with Gasteiger partial charge in [-0.3, -0.25) is 14.2 Å². The first kappa shape index (κ1) is 27.3. The Morgan fingerprint density at radius 2 is 1.87 bits per heavy atom. The molecule has 0 saturated carbocycles. The summed E-state index contributed by atoms with van der Waals surface area (Å²) in [6, 6.07) is 23.2. The fourth-order valence-electron chi connectivity index (χ4n) is 4.39. The molecule has 0 saturated heterocycles. The fourth-order valence-corrected chi connectivity index (χ4v) is 4.76.